The standard InChI is InChI=1S/C16H22FN3/c1-4-13-11-16(20(3)19-13)15(18-5-2)10-12-8-6-7-9-14(12)17/h6-9,11,15,18H,4-5,10H2,1-3H3. The van der Waals surface area contributed by atoms with Crippen molar-refractivity contribution in [2.24, 2.45) is 7.05 Å². The van der Waals surface area contributed by atoms with Gasteiger partial charge in [-0.05, 0) is 37.1 Å². The summed E-state index contributed by atoms with van der Waals surface area (Å²) in [5.41, 5.74) is 2.91. The highest BCUT2D eigenvalue weighted by molar-refractivity contribution is 5.22. The molecule has 1 heterocycles. The number of benzene rings is 1. The van der Waals surface area contributed by atoms with Gasteiger partial charge in [0.25, 0.3) is 0 Å². The maximum Gasteiger partial charge on any atom is 0.126 e. The molecule has 0 radical (unpaired) electrons. The fourth-order valence-corrected chi connectivity index (χ4v) is 2.45. The minimum absolute atomic E-state index is 0.0784. The molecular weight excluding hydrogens is 253 g/mol. The fraction of sp³-hybridized carbons (Fsp3) is 0.438. The lowest BCUT2D eigenvalue weighted by Gasteiger charge is -2.18. The van der Waals surface area contributed by atoms with E-state index in [1.54, 1.807) is 6.07 Å². The van der Waals surface area contributed by atoms with Crippen molar-refractivity contribution in [3.8, 4) is 0 Å². The molecule has 0 amide bonds. The third-order valence-corrected chi connectivity index (χ3v) is 3.52. The molecule has 0 aliphatic heterocycles. The lowest BCUT2D eigenvalue weighted by atomic mass is 10.0. The molecule has 20 heavy (non-hydrogen) atoms. The summed E-state index contributed by atoms with van der Waals surface area (Å²) < 4.78 is 15.7. The molecule has 4 heteroatoms. The van der Waals surface area contributed by atoms with Crippen molar-refractivity contribution in [1.82, 2.24) is 15.1 Å². The zero-order chi connectivity index (χ0) is 14.5. The number of halogens is 1. The molecule has 0 saturated carbocycles. The fourth-order valence-electron chi connectivity index (χ4n) is 2.45. The topological polar surface area (TPSA) is 29.9 Å². The largest absolute Gasteiger partial charge is 0.309 e. The van der Waals surface area contributed by atoms with E-state index in [1.165, 1.54) is 6.07 Å². The molecule has 2 aromatic rings. The van der Waals surface area contributed by atoms with Gasteiger partial charge in [0.15, 0.2) is 0 Å². The minimum Gasteiger partial charge on any atom is -0.309 e. The maximum absolute atomic E-state index is 13.8. The van der Waals surface area contributed by atoms with E-state index in [9.17, 15) is 4.39 Å². The Kier molecular flexibility index (Phi) is 4.90. The molecule has 1 atom stereocenters. The smallest absolute Gasteiger partial charge is 0.126 e. The normalized spacial score (nSPS) is 12.6. The Morgan fingerprint density at radius 3 is 2.65 bits per heavy atom. The summed E-state index contributed by atoms with van der Waals surface area (Å²) in [5.74, 6) is -0.145. The van der Waals surface area contributed by atoms with Crippen molar-refractivity contribution in [3.63, 3.8) is 0 Å². The van der Waals surface area contributed by atoms with Gasteiger partial charge in [0.1, 0.15) is 5.82 Å². The first-order chi connectivity index (χ1) is 9.65. The van der Waals surface area contributed by atoms with Crippen molar-refractivity contribution in [3.05, 3.63) is 53.1 Å². The summed E-state index contributed by atoms with van der Waals surface area (Å²) in [6, 6.07) is 9.14. The summed E-state index contributed by atoms with van der Waals surface area (Å²) in [4.78, 5) is 0. The second-order valence-corrected chi connectivity index (χ2v) is 4.94. The minimum atomic E-state index is -0.145. The van der Waals surface area contributed by atoms with E-state index in [2.05, 4.69) is 30.3 Å². The van der Waals surface area contributed by atoms with Crippen LogP contribution in [0.5, 0.6) is 0 Å². The number of nitrogens with one attached hydrogen (secondary N) is 1. The molecule has 1 aromatic carbocycles. The number of hydrogen-bond donors (Lipinski definition) is 1. The summed E-state index contributed by atoms with van der Waals surface area (Å²) in [7, 11) is 1.94. The highest BCUT2D eigenvalue weighted by atomic mass is 19.1. The van der Waals surface area contributed by atoms with Crippen molar-refractivity contribution in [2.75, 3.05) is 6.54 Å². The molecule has 1 N–H and O–H groups in total. The van der Waals surface area contributed by atoms with E-state index >= 15 is 0 Å². The highest BCUT2D eigenvalue weighted by Gasteiger charge is 2.17. The van der Waals surface area contributed by atoms with E-state index in [0.717, 1.165) is 29.9 Å². The zero-order valence-electron chi connectivity index (χ0n) is 12.4. The van der Waals surface area contributed by atoms with Gasteiger partial charge in [-0.25, -0.2) is 4.39 Å². The molecule has 0 fully saturated rings. The van der Waals surface area contributed by atoms with Gasteiger partial charge in [-0.2, -0.15) is 5.10 Å². The van der Waals surface area contributed by atoms with Crippen LogP contribution in [0.15, 0.2) is 30.3 Å². The second-order valence-electron chi connectivity index (χ2n) is 4.94. The molecule has 1 aromatic heterocycles. The molecule has 1 unspecified atom stereocenters. The summed E-state index contributed by atoms with van der Waals surface area (Å²) in [6.45, 7) is 4.99. The lowest BCUT2D eigenvalue weighted by Crippen LogP contribution is -2.25. The Morgan fingerprint density at radius 1 is 1.30 bits per heavy atom. The average molecular weight is 275 g/mol. The van der Waals surface area contributed by atoms with Crippen LogP contribution in [0.1, 0.15) is 36.8 Å². The predicted octanol–water partition coefficient (Wildman–Crippen LogP) is 3.01. The van der Waals surface area contributed by atoms with E-state index < -0.39 is 0 Å². The Labute approximate surface area is 119 Å². The van der Waals surface area contributed by atoms with Crippen LogP contribution in [0, 0.1) is 5.82 Å². The van der Waals surface area contributed by atoms with Crippen LogP contribution in [0.2, 0.25) is 0 Å². The number of aryl methyl sites for hydroxylation is 2. The van der Waals surface area contributed by atoms with Gasteiger partial charge >= 0.3 is 0 Å². The molecule has 2 rings (SSSR count). The Morgan fingerprint density at radius 2 is 2.05 bits per heavy atom. The molecule has 0 aliphatic carbocycles. The second kappa shape index (κ2) is 6.66. The van der Waals surface area contributed by atoms with Gasteiger partial charge < -0.3 is 5.32 Å². The first kappa shape index (κ1) is 14.7. The summed E-state index contributed by atoms with van der Waals surface area (Å²) in [6.07, 6.45) is 1.54. The van der Waals surface area contributed by atoms with Crippen LogP contribution in [0.4, 0.5) is 4.39 Å². The van der Waals surface area contributed by atoms with Gasteiger partial charge in [-0.1, -0.05) is 32.0 Å². The van der Waals surface area contributed by atoms with Crippen molar-refractivity contribution >= 4 is 0 Å². The molecule has 0 aliphatic rings. The van der Waals surface area contributed by atoms with Crippen LogP contribution in [0.3, 0.4) is 0 Å². The summed E-state index contributed by atoms with van der Waals surface area (Å²) in [5, 5.41) is 7.90. The Bertz CT molecular complexity index is 563. The van der Waals surface area contributed by atoms with Gasteiger partial charge in [-0.15, -0.1) is 0 Å². The summed E-state index contributed by atoms with van der Waals surface area (Å²) >= 11 is 0. The lowest BCUT2D eigenvalue weighted by molar-refractivity contribution is 0.495. The monoisotopic (exact) mass is 275 g/mol. The van der Waals surface area contributed by atoms with Crippen molar-refractivity contribution in [1.29, 1.82) is 0 Å². The Balaban J connectivity index is 2.26. The van der Waals surface area contributed by atoms with Gasteiger partial charge in [0.2, 0.25) is 0 Å². The molecule has 3 nitrogen and oxygen atoms in total. The number of hydrogen-bond acceptors (Lipinski definition) is 2. The van der Waals surface area contributed by atoms with Gasteiger partial charge in [0, 0.05) is 7.05 Å². The van der Waals surface area contributed by atoms with E-state index in [0.29, 0.717) is 6.42 Å². The molecule has 0 saturated heterocycles. The van der Waals surface area contributed by atoms with Gasteiger partial charge in [-0.3, -0.25) is 4.68 Å². The predicted molar refractivity (Wildman–Crippen MR) is 79.1 cm³/mol. The van der Waals surface area contributed by atoms with E-state index in [1.807, 2.05) is 23.9 Å². The maximum atomic E-state index is 13.8. The number of aromatic nitrogens is 2. The third kappa shape index (κ3) is 3.25. The number of nitrogens with zero attached hydrogens (tertiary/aromatic N) is 2. The molecule has 108 valence electrons. The van der Waals surface area contributed by atoms with Crippen LogP contribution < -0.4 is 5.32 Å². The first-order valence-corrected chi connectivity index (χ1v) is 7.15. The Hall–Kier alpha value is -1.68. The quantitative estimate of drug-likeness (QED) is 0.878. The van der Waals surface area contributed by atoms with Crippen molar-refractivity contribution in [2.45, 2.75) is 32.7 Å². The van der Waals surface area contributed by atoms with Crippen LogP contribution in [-0.2, 0) is 19.9 Å². The van der Waals surface area contributed by atoms with E-state index in [4.69, 9.17) is 0 Å². The number of rotatable bonds is 6. The molecular formula is C16H22FN3. The van der Waals surface area contributed by atoms with Crippen LogP contribution >= 0.6 is 0 Å². The highest BCUT2D eigenvalue weighted by Crippen LogP contribution is 2.21. The third-order valence-electron chi connectivity index (χ3n) is 3.52. The number of likely N-dealkylation sites (N-methyl/N-ethyl adjacent to an activating group) is 1. The first-order valence-electron chi connectivity index (χ1n) is 7.15. The molecule has 0 bridgehead atoms. The van der Waals surface area contributed by atoms with E-state index in [-0.39, 0.29) is 11.9 Å². The average Bonchev–Trinajstić information content (AvgIpc) is 2.82. The van der Waals surface area contributed by atoms with Crippen molar-refractivity contribution < 1.29 is 4.39 Å². The van der Waals surface area contributed by atoms with Gasteiger partial charge in [0.05, 0.1) is 17.4 Å². The van der Waals surface area contributed by atoms with Crippen LogP contribution in [0.25, 0.3) is 0 Å². The van der Waals surface area contributed by atoms with Crippen LogP contribution in [-0.4, -0.2) is 16.3 Å². The zero-order valence-corrected chi connectivity index (χ0v) is 12.4. The molecule has 0 spiro atoms. The SMILES string of the molecule is CCNC(Cc1ccccc1F)c1cc(CC)nn1C.